The highest BCUT2D eigenvalue weighted by molar-refractivity contribution is 5.32. The van der Waals surface area contributed by atoms with E-state index in [0.29, 0.717) is 0 Å². The fourth-order valence-corrected chi connectivity index (χ4v) is 2.21. The van der Waals surface area contributed by atoms with Gasteiger partial charge in [0.2, 0.25) is 0 Å². The molecule has 0 radical (unpaired) electrons. The van der Waals surface area contributed by atoms with Gasteiger partial charge >= 0.3 is 0 Å². The number of benzene rings is 1. The molecule has 0 bridgehead atoms. The Bertz CT molecular complexity index is 312. The van der Waals surface area contributed by atoms with Gasteiger partial charge in [-0.1, -0.05) is 58.2 Å². The van der Waals surface area contributed by atoms with Gasteiger partial charge in [0.05, 0.1) is 0 Å². The molecule has 0 aliphatic heterocycles. The first-order chi connectivity index (χ1) is 7.69. The molecule has 1 atom stereocenters. The van der Waals surface area contributed by atoms with Crippen molar-refractivity contribution in [3.05, 3.63) is 34.9 Å². The zero-order valence-corrected chi connectivity index (χ0v) is 11.3. The van der Waals surface area contributed by atoms with Gasteiger partial charge in [-0.3, -0.25) is 0 Å². The molecule has 0 amide bonds. The third kappa shape index (κ3) is 3.66. The molecular weight excluding hydrogens is 192 g/mol. The van der Waals surface area contributed by atoms with Crippen LogP contribution in [0.1, 0.15) is 69.1 Å². The maximum Gasteiger partial charge on any atom is -0.0190 e. The second-order valence-electron chi connectivity index (χ2n) is 4.98. The largest absolute Gasteiger partial charge is 0.0654 e. The van der Waals surface area contributed by atoms with Gasteiger partial charge in [-0.2, -0.15) is 0 Å². The molecule has 90 valence electrons. The Kier molecular flexibility index (Phi) is 5.59. The number of unbranched alkanes of at least 4 members (excludes halogenated alkanes) is 1. The molecule has 0 N–H and O–H groups in total. The van der Waals surface area contributed by atoms with E-state index in [1.807, 2.05) is 0 Å². The van der Waals surface area contributed by atoms with Crippen LogP contribution < -0.4 is 0 Å². The summed E-state index contributed by atoms with van der Waals surface area (Å²) in [5.74, 6) is 0.719. The molecule has 0 nitrogen and oxygen atoms in total. The van der Waals surface area contributed by atoms with Gasteiger partial charge in [-0.25, -0.2) is 0 Å². The van der Waals surface area contributed by atoms with E-state index in [2.05, 4.69) is 45.9 Å². The van der Waals surface area contributed by atoms with E-state index in [9.17, 15) is 0 Å². The van der Waals surface area contributed by atoms with Crippen LogP contribution in [0, 0.1) is 6.92 Å². The zero-order chi connectivity index (χ0) is 12.0. The van der Waals surface area contributed by atoms with E-state index in [1.165, 1.54) is 43.2 Å². The van der Waals surface area contributed by atoms with E-state index in [0.717, 1.165) is 5.92 Å². The highest BCUT2D eigenvalue weighted by Gasteiger charge is 2.06. The van der Waals surface area contributed by atoms with Crippen molar-refractivity contribution in [2.75, 3.05) is 0 Å². The minimum absolute atomic E-state index is 0.719. The number of hydrogen-bond donors (Lipinski definition) is 0. The third-order valence-electron chi connectivity index (χ3n) is 3.45. The summed E-state index contributed by atoms with van der Waals surface area (Å²) >= 11 is 0. The van der Waals surface area contributed by atoms with Crippen molar-refractivity contribution in [3.63, 3.8) is 0 Å². The molecule has 0 saturated heterocycles. The molecular formula is C16H26. The fourth-order valence-electron chi connectivity index (χ4n) is 2.21. The third-order valence-corrected chi connectivity index (χ3v) is 3.45. The highest BCUT2D eigenvalue weighted by Crippen LogP contribution is 2.24. The van der Waals surface area contributed by atoms with Crippen molar-refractivity contribution < 1.29 is 0 Å². The first-order valence-corrected chi connectivity index (χ1v) is 6.78. The zero-order valence-electron chi connectivity index (χ0n) is 11.3. The van der Waals surface area contributed by atoms with Crippen molar-refractivity contribution in [2.24, 2.45) is 0 Å². The Morgan fingerprint density at radius 3 is 2.50 bits per heavy atom. The lowest BCUT2D eigenvalue weighted by atomic mass is 9.91. The summed E-state index contributed by atoms with van der Waals surface area (Å²) in [5.41, 5.74) is 4.53. The van der Waals surface area contributed by atoms with Crippen LogP contribution in [0.5, 0.6) is 0 Å². The Morgan fingerprint density at radius 1 is 1.12 bits per heavy atom. The standard InChI is InChI=1S/C16H26/c1-5-7-9-13(3)16-11-10-14(4)15(12-16)8-6-2/h10-13H,5-9H2,1-4H3. The van der Waals surface area contributed by atoms with Crippen LogP contribution in [0.15, 0.2) is 18.2 Å². The molecule has 1 rings (SSSR count). The van der Waals surface area contributed by atoms with Crippen molar-refractivity contribution in [1.29, 1.82) is 0 Å². The summed E-state index contributed by atoms with van der Waals surface area (Å²) in [7, 11) is 0. The monoisotopic (exact) mass is 218 g/mol. The second-order valence-corrected chi connectivity index (χ2v) is 4.98. The Balaban J connectivity index is 2.76. The molecule has 0 heteroatoms. The van der Waals surface area contributed by atoms with Crippen LogP contribution in [-0.2, 0) is 6.42 Å². The maximum absolute atomic E-state index is 2.43. The Hall–Kier alpha value is -0.780. The lowest BCUT2D eigenvalue weighted by Gasteiger charge is -2.14. The molecule has 1 aromatic rings. The molecule has 1 aromatic carbocycles. The van der Waals surface area contributed by atoms with Gasteiger partial charge in [0.15, 0.2) is 0 Å². The summed E-state index contributed by atoms with van der Waals surface area (Å²) in [6.45, 7) is 9.11. The first-order valence-electron chi connectivity index (χ1n) is 6.78. The quantitative estimate of drug-likeness (QED) is 0.612. The Labute approximate surface area is 101 Å². The van der Waals surface area contributed by atoms with E-state index < -0.39 is 0 Å². The van der Waals surface area contributed by atoms with Gasteiger partial charge < -0.3 is 0 Å². The molecule has 0 aromatic heterocycles. The topological polar surface area (TPSA) is 0 Å². The Morgan fingerprint density at radius 2 is 1.88 bits per heavy atom. The van der Waals surface area contributed by atoms with E-state index in [4.69, 9.17) is 0 Å². The van der Waals surface area contributed by atoms with Crippen molar-refractivity contribution in [2.45, 2.75) is 65.7 Å². The number of aryl methyl sites for hydroxylation is 2. The van der Waals surface area contributed by atoms with Crippen molar-refractivity contribution in [3.8, 4) is 0 Å². The van der Waals surface area contributed by atoms with Gasteiger partial charge in [-0.05, 0) is 42.4 Å². The molecule has 0 aliphatic rings. The summed E-state index contributed by atoms with van der Waals surface area (Å²) in [6, 6.07) is 7.04. The molecule has 0 spiro atoms. The van der Waals surface area contributed by atoms with E-state index >= 15 is 0 Å². The van der Waals surface area contributed by atoms with Gasteiger partial charge in [0.1, 0.15) is 0 Å². The minimum atomic E-state index is 0.719. The molecule has 0 aliphatic carbocycles. The summed E-state index contributed by atoms with van der Waals surface area (Å²) < 4.78 is 0. The summed E-state index contributed by atoms with van der Waals surface area (Å²) in [4.78, 5) is 0. The molecule has 16 heavy (non-hydrogen) atoms. The van der Waals surface area contributed by atoms with Gasteiger partial charge in [0.25, 0.3) is 0 Å². The van der Waals surface area contributed by atoms with Gasteiger partial charge in [0, 0.05) is 0 Å². The molecule has 0 fully saturated rings. The molecule has 0 saturated carbocycles. The van der Waals surface area contributed by atoms with Crippen LogP contribution in [0.4, 0.5) is 0 Å². The summed E-state index contributed by atoms with van der Waals surface area (Å²) in [5, 5.41) is 0. The van der Waals surface area contributed by atoms with Crippen LogP contribution in [0.3, 0.4) is 0 Å². The molecule has 1 unspecified atom stereocenters. The fraction of sp³-hybridized carbons (Fsp3) is 0.625. The predicted octanol–water partition coefficient (Wildman–Crippen LogP) is 5.24. The minimum Gasteiger partial charge on any atom is -0.0654 e. The smallest absolute Gasteiger partial charge is 0.0190 e. The second kappa shape index (κ2) is 6.73. The first kappa shape index (κ1) is 13.3. The van der Waals surface area contributed by atoms with E-state index in [1.54, 1.807) is 5.56 Å². The average Bonchev–Trinajstić information content (AvgIpc) is 2.29. The number of hydrogen-bond acceptors (Lipinski definition) is 0. The lowest BCUT2D eigenvalue weighted by Crippen LogP contribution is -1.97. The van der Waals surface area contributed by atoms with Crippen LogP contribution in [0.25, 0.3) is 0 Å². The van der Waals surface area contributed by atoms with E-state index in [-0.39, 0.29) is 0 Å². The predicted molar refractivity (Wildman–Crippen MR) is 73.1 cm³/mol. The van der Waals surface area contributed by atoms with Crippen LogP contribution >= 0.6 is 0 Å². The van der Waals surface area contributed by atoms with Crippen LogP contribution in [0.2, 0.25) is 0 Å². The number of rotatable bonds is 6. The van der Waals surface area contributed by atoms with Crippen LogP contribution in [-0.4, -0.2) is 0 Å². The molecule has 0 heterocycles. The van der Waals surface area contributed by atoms with Gasteiger partial charge in [-0.15, -0.1) is 0 Å². The normalized spacial score (nSPS) is 12.8. The SMILES string of the molecule is CCCCC(C)c1ccc(C)c(CCC)c1. The van der Waals surface area contributed by atoms with Crippen molar-refractivity contribution >= 4 is 0 Å². The summed E-state index contributed by atoms with van der Waals surface area (Å²) in [6.07, 6.45) is 6.44. The average molecular weight is 218 g/mol. The maximum atomic E-state index is 2.43. The highest BCUT2D eigenvalue weighted by atomic mass is 14.1. The van der Waals surface area contributed by atoms with Crippen molar-refractivity contribution in [1.82, 2.24) is 0 Å². The lowest BCUT2D eigenvalue weighted by molar-refractivity contribution is 0.623.